The lowest BCUT2D eigenvalue weighted by Crippen LogP contribution is -1.96. The van der Waals surface area contributed by atoms with E-state index < -0.39 is 0 Å². The molecule has 2 rings (SSSR count). The smallest absolute Gasteiger partial charge is 0.203 e. The van der Waals surface area contributed by atoms with Crippen molar-refractivity contribution in [2.45, 2.75) is 0 Å². The Kier molecular flexibility index (Phi) is 3.80. The summed E-state index contributed by atoms with van der Waals surface area (Å²) in [5, 5.41) is 9.95. The second-order valence-corrected chi connectivity index (χ2v) is 3.90. The third kappa shape index (κ3) is 2.29. The third-order valence-electron chi connectivity index (χ3n) is 2.90. The standard InChI is InChI=1S/C15H16O4/c1-17-13-9-8-11(14(18-2)15(13)19-3)10-6-4-5-7-12(10)16/h4-9,16H,1-3H3. The van der Waals surface area contributed by atoms with Crippen LogP contribution in [0.5, 0.6) is 23.0 Å². The van der Waals surface area contributed by atoms with Gasteiger partial charge in [0.2, 0.25) is 5.75 Å². The summed E-state index contributed by atoms with van der Waals surface area (Å²) < 4.78 is 16.0. The van der Waals surface area contributed by atoms with Crippen LogP contribution >= 0.6 is 0 Å². The Balaban J connectivity index is 2.68. The number of para-hydroxylation sites is 1. The van der Waals surface area contributed by atoms with Crippen LogP contribution in [-0.2, 0) is 0 Å². The molecule has 0 aliphatic heterocycles. The summed E-state index contributed by atoms with van der Waals surface area (Å²) in [5.74, 6) is 1.81. The van der Waals surface area contributed by atoms with E-state index >= 15 is 0 Å². The first-order valence-corrected chi connectivity index (χ1v) is 5.80. The van der Waals surface area contributed by atoms with E-state index in [9.17, 15) is 5.11 Å². The minimum absolute atomic E-state index is 0.188. The van der Waals surface area contributed by atoms with Gasteiger partial charge in [0.25, 0.3) is 0 Å². The van der Waals surface area contributed by atoms with Crippen LogP contribution in [0.3, 0.4) is 0 Å². The van der Waals surface area contributed by atoms with Gasteiger partial charge in [-0.1, -0.05) is 18.2 Å². The maximum Gasteiger partial charge on any atom is 0.203 e. The SMILES string of the molecule is COc1ccc(-c2ccccc2O)c(OC)c1OC. The first-order chi connectivity index (χ1) is 9.22. The summed E-state index contributed by atoms with van der Waals surface area (Å²) >= 11 is 0. The van der Waals surface area contributed by atoms with Crippen molar-refractivity contribution in [3.05, 3.63) is 36.4 Å². The highest BCUT2D eigenvalue weighted by Crippen LogP contribution is 2.45. The molecule has 19 heavy (non-hydrogen) atoms. The second-order valence-electron chi connectivity index (χ2n) is 3.90. The molecule has 1 N–H and O–H groups in total. The fourth-order valence-electron chi connectivity index (χ4n) is 2.01. The summed E-state index contributed by atoms with van der Waals surface area (Å²) in [4.78, 5) is 0. The molecule has 100 valence electrons. The van der Waals surface area contributed by atoms with Gasteiger partial charge in [0.15, 0.2) is 11.5 Å². The molecular weight excluding hydrogens is 244 g/mol. The number of ether oxygens (including phenoxy) is 3. The van der Waals surface area contributed by atoms with Gasteiger partial charge in [-0.15, -0.1) is 0 Å². The summed E-state index contributed by atoms with van der Waals surface area (Å²) in [7, 11) is 4.67. The van der Waals surface area contributed by atoms with Gasteiger partial charge in [-0.05, 0) is 18.2 Å². The molecule has 4 nitrogen and oxygen atoms in total. The lowest BCUT2D eigenvalue weighted by molar-refractivity contribution is 0.325. The number of phenols is 1. The minimum atomic E-state index is 0.188. The molecule has 0 aromatic heterocycles. The van der Waals surface area contributed by atoms with E-state index in [1.807, 2.05) is 18.2 Å². The zero-order valence-electron chi connectivity index (χ0n) is 11.1. The first kappa shape index (κ1) is 13.1. The normalized spacial score (nSPS) is 10.1. The maximum absolute atomic E-state index is 9.95. The molecular formula is C15H16O4. The van der Waals surface area contributed by atoms with Crippen LogP contribution in [0.4, 0.5) is 0 Å². The molecule has 2 aromatic carbocycles. The number of aromatic hydroxyl groups is 1. The Morgan fingerprint density at radius 1 is 0.737 bits per heavy atom. The van der Waals surface area contributed by atoms with Crippen molar-refractivity contribution in [1.82, 2.24) is 0 Å². The fourth-order valence-corrected chi connectivity index (χ4v) is 2.01. The number of rotatable bonds is 4. The van der Waals surface area contributed by atoms with Crippen LogP contribution in [0.1, 0.15) is 0 Å². The van der Waals surface area contributed by atoms with Crippen molar-refractivity contribution in [2.75, 3.05) is 21.3 Å². The molecule has 0 saturated heterocycles. The van der Waals surface area contributed by atoms with E-state index in [0.29, 0.717) is 22.8 Å². The average molecular weight is 260 g/mol. The summed E-state index contributed by atoms with van der Waals surface area (Å²) in [5.41, 5.74) is 1.43. The van der Waals surface area contributed by atoms with E-state index in [0.717, 1.165) is 5.56 Å². The number of benzene rings is 2. The Morgan fingerprint density at radius 2 is 1.42 bits per heavy atom. The van der Waals surface area contributed by atoms with Crippen molar-refractivity contribution in [1.29, 1.82) is 0 Å². The molecule has 0 amide bonds. The molecule has 2 aromatic rings. The quantitative estimate of drug-likeness (QED) is 0.917. The molecule has 0 aliphatic rings. The van der Waals surface area contributed by atoms with Crippen molar-refractivity contribution in [3.8, 4) is 34.1 Å². The molecule has 0 saturated carbocycles. The molecule has 4 heteroatoms. The molecule has 0 radical (unpaired) electrons. The Bertz CT molecular complexity index is 578. The van der Waals surface area contributed by atoms with E-state index in [1.165, 1.54) is 0 Å². The van der Waals surface area contributed by atoms with E-state index in [2.05, 4.69) is 0 Å². The summed E-state index contributed by atoms with van der Waals surface area (Å²) in [6, 6.07) is 10.7. The number of methoxy groups -OCH3 is 3. The molecule has 0 spiro atoms. The number of phenolic OH excluding ortho intramolecular Hbond substituents is 1. The zero-order chi connectivity index (χ0) is 13.8. The van der Waals surface area contributed by atoms with E-state index in [1.54, 1.807) is 39.5 Å². The number of hydrogen-bond acceptors (Lipinski definition) is 4. The maximum atomic E-state index is 9.95. The lowest BCUT2D eigenvalue weighted by Gasteiger charge is -2.16. The topological polar surface area (TPSA) is 47.9 Å². The molecule has 0 atom stereocenters. The van der Waals surface area contributed by atoms with Crippen LogP contribution in [0.2, 0.25) is 0 Å². The highest BCUT2D eigenvalue weighted by Gasteiger charge is 2.18. The van der Waals surface area contributed by atoms with Gasteiger partial charge in [0.1, 0.15) is 5.75 Å². The van der Waals surface area contributed by atoms with Gasteiger partial charge in [0.05, 0.1) is 21.3 Å². The zero-order valence-corrected chi connectivity index (χ0v) is 11.1. The molecule has 0 unspecified atom stereocenters. The predicted molar refractivity (Wildman–Crippen MR) is 73.2 cm³/mol. The second kappa shape index (κ2) is 5.52. The Morgan fingerprint density at radius 3 is 2.00 bits per heavy atom. The van der Waals surface area contributed by atoms with Gasteiger partial charge in [0, 0.05) is 11.1 Å². The van der Waals surface area contributed by atoms with Gasteiger partial charge < -0.3 is 19.3 Å². The highest BCUT2D eigenvalue weighted by molar-refractivity contribution is 5.79. The predicted octanol–water partition coefficient (Wildman–Crippen LogP) is 3.09. The third-order valence-corrected chi connectivity index (χ3v) is 2.90. The molecule has 0 heterocycles. The van der Waals surface area contributed by atoms with E-state index in [4.69, 9.17) is 14.2 Å². The van der Waals surface area contributed by atoms with Gasteiger partial charge in [-0.25, -0.2) is 0 Å². The van der Waals surface area contributed by atoms with Crippen molar-refractivity contribution in [3.63, 3.8) is 0 Å². The van der Waals surface area contributed by atoms with Gasteiger partial charge >= 0.3 is 0 Å². The largest absolute Gasteiger partial charge is 0.507 e. The molecule has 0 bridgehead atoms. The molecule has 0 aliphatic carbocycles. The van der Waals surface area contributed by atoms with Crippen LogP contribution < -0.4 is 14.2 Å². The van der Waals surface area contributed by atoms with Crippen molar-refractivity contribution >= 4 is 0 Å². The van der Waals surface area contributed by atoms with Crippen LogP contribution in [0.15, 0.2) is 36.4 Å². The van der Waals surface area contributed by atoms with Crippen molar-refractivity contribution < 1.29 is 19.3 Å². The highest BCUT2D eigenvalue weighted by atomic mass is 16.5. The van der Waals surface area contributed by atoms with Gasteiger partial charge in [-0.2, -0.15) is 0 Å². The first-order valence-electron chi connectivity index (χ1n) is 5.80. The summed E-state index contributed by atoms with van der Waals surface area (Å²) in [6.07, 6.45) is 0. The average Bonchev–Trinajstić information content (AvgIpc) is 2.46. The number of hydrogen-bond donors (Lipinski definition) is 1. The minimum Gasteiger partial charge on any atom is -0.507 e. The Labute approximate surface area is 112 Å². The summed E-state index contributed by atoms with van der Waals surface area (Å²) in [6.45, 7) is 0. The molecule has 0 fully saturated rings. The van der Waals surface area contributed by atoms with Crippen LogP contribution in [0.25, 0.3) is 11.1 Å². The monoisotopic (exact) mass is 260 g/mol. The van der Waals surface area contributed by atoms with E-state index in [-0.39, 0.29) is 5.75 Å². The van der Waals surface area contributed by atoms with Crippen LogP contribution in [-0.4, -0.2) is 26.4 Å². The fraction of sp³-hybridized carbons (Fsp3) is 0.200. The van der Waals surface area contributed by atoms with Gasteiger partial charge in [-0.3, -0.25) is 0 Å². The van der Waals surface area contributed by atoms with Crippen molar-refractivity contribution in [2.24, 2.45) is 0 Å². The van der Waals surface area contributed by atoms with Crippen LogP contribution in [0, 0.1) is 0 Å². The lowest BCUT2D eigenvalue weighted by atomic mass is 10.0. The Hall–Kier alpha value is -2.36.